The molecule has 0 saturated carbocycles. The van der Waals surface area contributed by atoms with Gasteiger partial charge >= 0.3 is 0 Å². The lowest BCUT2D eigenvalue weighted by molar-refractivity contribution is -0.385. The summed E-state index contributed by atoms with van der Waals surface area (Å²) >= 11 is 0. The third-order valence-electron chi connectivity index (χ3n) is 2.53. The van der Waals surface area contributed by atoms with E-state index in [-0.39, 0.29) is 22.8 Å². The molecule has 0 aliphatic carbocycles. The van der Waals surface area contributed by atoms with Crippen LogP contribution in [0.15, 0.2) is 17.3 Å². The number of benzene rings is 1. The second-order valence-electron chi connectivity index (χ2n) is 3.87. The first kappa shape index (κ1) is 14.7. The number of nitrogens with two attached hydrogens (primary N) is 1. The van der Waals surface area contributed by atoms with Crippen molar-refractivity contribution in [2.24, 2.45) is 10.9 Å². The molecule has 1 aromatic carbocycles. The van der Waals surface area contributed by atoms with Crippen LogP contribution in [0.2, 0.25) is 0 Å². The average Bonchev–Trinajstić information content (AvgIpc) is 2.37. The van der Waals surface area contributed by atoms with Crippen LogP contribution in [-0.2, 0) is 0 Å². The van der Waals surface area contributed by atoms with E-state index in [1.54, 1.807) is 6.92 Å². The maximum Gasteiger partial charge on any atom is 0.275 e. The molecule has 1 unspecified atom stereocenters. The summed E-state index contributed by atoms with van der Waals surface area (Å²) in [6.07, 6.45) is -0.453. The van der Waals surface area contributed by atoms with Gasteiger partial charge in [0.15, 0.2) is 23.5 Å². The third-order valence-corrected chi connectivity index (χ3v) is 2.53. The Morgan fingerprint density at radius 3 is 2.79 bits per heavy atom. The van der Waals surface area contributed by atoms with Crippen molar-refractivity contribution in [3.8, 4) is 5.75 Å². The zero-order valence-corrected chi connectivity index (χ0v) is 10.5. The van der Waals surface area contributed by atoms with Gasteiger partial charge in [0.25, 0.3) is 5.69 Å². The van der Waals surface area contributed by atoms with Crippen LogP contribution in [0, 0.1) is 22.9 Å². The molecule has 0 heterocycles. The smallest absolute Gasteiger partial charge is 0.275 e. The number of nitrogens with zero attached hydrogens (tertiary/aromatic N) is 2. The summed E-state index contributed by atoms with van der Waals surface area (Å²) < 4.78 is 18.9. The Morgan fingerprint density at radius 1 is 1.68 bits per heavy atom. The number of aryl methyl sites for hydroxylation is 1. The molecule has 1 atom stereocenters. The fourth-order valence-electron chi connectivity index (χ4n) is 1.50. The van der Waals surface area contributed by atoms with E-state index >= 15 is 0 Å². The highest BCUT2D eigenvalue weighted by Gasteiger charge is 2.20. The highest BCUT2D eigenvalue weighted by molar-refractivity contribution is 5.84. The van der Waals surface area contributed by atoms with E-state index < -0.39 is 16.8 Å². The summed E-state index contributed by atoms with van der Waals surface area (Å²) in [5.41, 5.74) is 5.31. The molecule has 0 aromatic heterocycles. The van der Waals surface area contributed by atoms with Crippen LogP contribution in [0.4, 0.5) is 10.1 Å². The SMILES string of the molecule is CCC(Oc1cc(C)c([N+](=O)[O-])cc1F)/C(N)=N/O. The van der Waals surface area contributed by atoms with Crippen molar-refractivity contribution in [1.29, 1.82) is 0 Å². The second kappa shape index (κ2) is 5.98. The van der Waals surface area contributed by atoms with Crippen LogP contribution in [0.1, 0.15) is 18.9 Å². The minimum absolute atomic E-state index is 0.179. The van der Waals surface area contributed by atoms with E-state index in [0.29, 0.717) is 6.42 Å². The molecular formula is C11H14FN3O4. The van der Waals surface area contributed by atoms with Gasteiger partial charge in [-0.05, 0) is 19.4 Å². The Labute approximate surface area is 108 Å². The number of ether oxygens (including phenoxy) is 1. The van der Waals surface area contributed by atoms with Crippen molar-refractivity contribution in [2.45, 2.75) is 26.4 Å². The lowest BCUT2D eigenvalue weighted by Gasteiger charge is -2.16. The van der Waals surface area contributed by atoms with Gasteiger partial charge in [-0.25, -0.2) is 4.39 Å². The Balaban J connectivity index is 3.09. The molecule has 19 heavy (non-hydrogen) atoms. The van der Waals surface area contributed by atoms with Crippen LogP contribution in [-0.4, -0.2) is 22.1 Å². The Morgan fingerprint density at radius 2 is 2.32 bits per heavy atom. The van der Waals surface area contributed by atoms with Crippen LogP contribution in [0.25, 0.3) is 0 Å². The number of nitro groups is 1. The van der Waals surface area contributed by atoms with E-state index in [9.17, 15) is 14.5 Å². The van der Waals surface area contributed by atoms with E-state index in [4.69, 9.17) is 15.7 Å². The zero-order chi connectivity index (χ0) is 14.6. The van der Waals surface area contributed by atoms with Gasteiger partial charge in [-0.2, -0.15) is 0 Å². The summed E-state index contributed by atoms with van der Waals surface area (Å²) in [5.74, 6) is -1.25. The molecule has 0 aliphatic heterocycles. The molecule has 7 nitrogen and oxygen atoms in total. The summed E-state index contributed by atoms with van der Waals surface area (Å²) in [7, 11) is 0. The maximum absolute atomic E-state index is 13.7. The fraction of sp³-hybridized carbons (Fsp3) is 0.364. The van der Waals surface area contributed by atoms with Crippen LogP contribution < -0.4 is 10.5 Å². The van der Waals surface area contributed by atoms with E-state index in [1.165, 1.54) is 13.0 Å². The minimum atomic E-state index is -0.874. The molecule has 104 valence electrons. The molecule has 1 aromatic rings. The quantitative estimate of drug-likeness (QED) is 0.279. The largest absolute Gasteiger partial charge is 0.479 e. The van der Waals surface area contributed by atoms with Crippen molar-refractivity contribution in [2.75, 3.05) is 0 Å². The lowest BCUT2D eigenvalue weighted by Crippen LogP contribution is -2.33. The monoisotopic (exact) mass is 271 g/mol. The first-order chi connectivity index (χ1) is 8.90. The van der Waals surface area contributed by atoms with Crippen molar-refractivity contribution >= 4 is 11.5 Å². The maximum atomic E-state index is 13.7. The number of rotatable bonds is 5. The van der Waals surface area contributed by atoms with Crippen molar-refractivity contribution in [3.63, 3.8) is 0 Å². The summed E-state index contributed by atoms with van der Waals surface area (Å²) in [4.78, 5) is 9.97. The van der Waals surface area contributed by atoms with Crippen LogP contribution in [0.3, 0.4) is 0 Å². The van der Waals surface area contributed by atoms with Crippen molar-refractivity contribution in [1.82, 2.24) is 0 Å². The third kappa shape index (κ3) is 3.30. The van der Waals surface area contributed by atoms with Gasteiger partial charge in [-0.1, -0.05) is 12.1 Å². The molecule has 0 saturated heterocycles. The molecule has 0 spiro atoms. The van der Waals surface area contributed by atoms with E-state index in [0.717, 1.165) is 6.07 Å². The fourth-order valence-corrected chi connectivity index (χ4v) is 1.50. The van der Waals surface area contributed by atoms with E-state index in [1.807, 2.05) is 0 Å². The standard InChI is InChI=1S/C11H14FN3O4/c1-3-9(11(13)14-16)19-10-4-6(2)8(15(17)18)5-7(10)12/h4-5,9,16H,3H2,1-2H3,(H2,13,14). The topological polar surface area (TPSA) is 111 Å². The Bertz CT molecular complexity index is 519. The average molecular weight is 271 g/mol. The van der Waals surface area contributed by atoms with Crippen LogP contribution in [0.5, 0.6) is 5.75 Å². The van der Waals surface area contributed by atoms with Crippen molar-refractivity contribution in [3.05, 3.63) is 33.6 Å². The molecule has 0 bridgehead atoms. The van der Waals surface area contributed by atoms with Gasteiger partial charge in [0, 0.05) is 5.56 Å². The van der Waals surface area contributed by atoms with E-state index in [2.05, 4.69) is 5.16 Å². The van der Waals surface area contributed by atoms with Gasteiger partial charge in [0.1, 0.15) is 0 Å². The summed E-state index contributed by atoms with van der Waals surface area (Å²) in [5, 5.41) is 22.0. The summed E-state index contributed by atoms with van der Waals surface area (Å²) in [6.45, 7) is 3.17. The minimum Gasteiger partial charge on any atom is -0.479 e. The number of halogens is 1. The van der Waals surface area contributed by atoms with Gasteiger partial charge in [0.05, 0.1) is 11.0 Å². The Kier molecular flexibility index (Phi) is 4.62. The second-order valence-corrected chi connectivity index (χ2v) is 3.87. The van der Waals surface area contributed by atoms with Gasteiger partial charge in [-0.3, -0.25) is 10.1 Å². The molecular weight excluding hydrogens is 257 g/mol. The predicted octanol–water partition coefficient (Wildman–Crippen LogP) is 1.95. The summed E-state index contributed by atoms with van der Waals surface area (Å²) in [6, 6.07) is 1.99. The number of nitro benzene ring substituents is 1. The molecule has 3 N–H and O–H groups in total. The lowest BCUT2D eigenvalue weighted by atomic mass is 10.2. The number of hydrogen-bond donors (Lipinski definition) is 2. The number of hydrogen-bond acceptors (Lipinski definition) is 5. The van der Waals surface area contributed by atoms with Gasteiger partial charge in [-0.15, -0.1) is 0 Å². The molecule has 0 amide bonds. The molecule has 0 aliphatic rings. The van der Waals surface area contributed by atoms with Gasteiger partial charge in [0.2, 0.25) is 0 Å². The normalized spacial score (nSPS) is 13.1. The number of amidine groups is 1. The molecule has 0 fully saturated rings. The molecule has 0 radical (unpaired) electrons. The zero-order valence-electron chi connectivity index (χ0n) is 10.5. The molecule has 1 rings (SSSR count). The van der Waals surface area contributed by atoms with Crippen LogP contribution >= 0.6 is 0 Å². The molecule has 8 heteroatoms. The first-order valence-electron chi connectivity index (χ1n) is 5.49. The highest BCUT2D eigenvalue weighted by Crippen LogP contribution is 2.28. The number of oxime groups is 1. The highest BCUT2D eigenvalue weighted by atomic mass is 19.1. The van der Waals surface area contributed by atoms with Gasteiger partial charge < -0.3 is 15.7 Å². The van der Waals surface area contributed by atoms with Crippen molar-refractivity contribution < 1.29 is 19.3 Å². The first-order valence-corrected chi connectivity index (χ1v) is 5.49. The Hall–Kier alpha value is -2.38. The predicted molar refractivity (Wildman–Crippen MR) is 65.9 cm³/mol.